The van der Waals surface area contributed by atoms with Crippen molar-refractivity contribution in [3.8, 4) is 0 Å². The Bertz CT molecular complexity index is 272. The molecular weight excluding hydrogens is 226 g/mol. The van der Waals surface area contributed by atoms with Gasteiger partial charge in [-0.05, 0) is 50.4 Å². The van der Waals surface area contributed by atoms with Crippen LogP contribution in [0, 0.1) is 5.92 Å². The van der Waals surface area contributed by atoms with E-state index in [0.29, 0.717) is 0 Å². The lowest BCUT2D eigenvalue weighted by Crippen LogP contribution is -2.16. The summed E-state index contributed by atoms with van der Waals surface area (Å²) in [7, 11) is 0. The van der Waals surface area contributed by atoms with E-state index in [0.717, 1.165) is 23.3 Å². The third-order valence-corrected chi connectivity index (χ3v) is 3.87. The summed E-state index contributed by atoms with van der Waals surface area (Å²) in [5.41, 5.74) is 0. The molecule has 0 aromatic carbocycles. The van der Waals surface area contributed by atoms with E-state index in [1.807, 2.05) is 6.07 Å². The first kappa shape index (κ1) is 13.0. The fourth-order valence-corrected chi connectivity index (χ4v) is 2.65. The van der Waals surface area contributed by atoms with Crippen LogP contribution >= 0.6 is 22.9 Å². The van der Waals surface area contributed by atoms with Gasteiger partial charge in [0.2, 0.25) is 0 Å². The van der Waals surface area contributed by atoms with Crippen LogP contribution in [-0.2, 0) is 6.42 Å². The van der Waals surface area contributed by atoms with E-state index in [-0.39, 0.29) is 0 Å². The number of hydrogen-bond donors (Lipinski definition) is 1. The average molecular weight is 246 g/mol. The second-order valence-corrected chi connectivity index (χ2v) is 5.79. The predicted octanol–water partition coefficient (Wildman–Crippen LogP) is 3.97. The molecule has 0 aliphatic heterocycles. The molecule has 0 aliphatic carbocycles. The summed E-state index contributed by atoms with van der Waals surface area (Å²) in [6.07, 6.45) is 3.71. The molecule has 86 valence electrons. The number of thiophene rings is 1. The topological polar surface area (TPSA) is 12.0 Å². The van der Waals surface area contributed by atoms with E-state index in [9.17, 15) is 0 Å². The molecule has 1 unspecified atom stereocenters. The van der Waals surface area contributed by atoms with Gasteiger partial charge >= 0.3 is 0 Å². The van der Waals surface area contributed by atoms with Crippen LogP contribution in [0.4, 0.5) is 0 Å². The molecule has 1 heterocycles. The lowest BCUT2D eigenvalue weighted by Gasteiger charge is -2.10. The molecule has 0 saturated heterocycles. The second-order valence-electron chi connectivity index (χ2n) is 3.99. The zero-order valence-electron chi connectivity index (χ0n) is 9.55. The zero-order valence-corrected chi connectivity index (χ0v) is 11.1. The van der Waals surface area contributed by atoms with E-state index < -0.39 is 0 Å². The maximum absolute atomic E-state index is 5.89. The molecule has 0 radical (unpaired) electrons. The number of nitrogens with one attached hydrogen (secondary N) is 1. The van der Waals surface area contributed by atoms with Crippen LogP contribution in [0.25, 0.3) is 0 Å². The molecule has 0 spiro atoms. The summed E-state index contributed by atoms with van der Waals surface area (Å²) in [4.78, 5) is 1.41. The van der Waals surface area contributed by atoms with Crippen molar-refractivity contribution >= 4 is 22.9 Å². The van der Waals surface area contributed by atoms with Crippen molar-refractivity contribution in [1.82, 2.24) is 5.32 Å². The van der Waals surface area contributed by atoms with Gasteiger partial charge in [0.1, 0.15) is 0 Å². The Labute approximate surface area is 102 Å². The molecule has 15 heavy (non-hydrogen) atoms. The Kier molecular flexibility index (Phi) is 6.30. The van der Waals surface area contributed by atoms with Crippen LogP contribution in [0.1, 0.15) is 31.6 Å². The minimum Gasteiger partial charge on any atom is -0.317 e. The van der Waals surface area contributed by atoms with E-state index in [4.69, 9.17) is 11.6 Å². The highest BCUT2D eigenvalue weighted by Crippen LogP contribution is 2.23. The number of rotatable bonds is 7. The first-order chi connectivity index (χ1) is 7.22. The van der Waals surface area contributed by atoms with Crippen LogP contribution in [0.2, 0.25) is 4.34 Å². The molecule has 1 aromatic rings. The van der Waals surface area contributed by atoms with Crippen molar-refractivity contribution in [2.75, 3.05) is 13.1 Å². The Balaban J connectivity index is 2.13. The Morgan fingerprint density at radius 1 is 1.40 bits per heavy atom. The van der Waals surface area contributed by atoms with Crippen molar-refractivity contribution in [3.63, 3.8) is 0 Å². The monoisotopic (exact) mass is 245 g/mol. The van der Waals surface area contributed by atoms with Crippen molar-refractivity contribution in [2.24, 2.45) is 5.92 Å². The maximum atomic E-state index is 5.89. The molecule has 0 aliphatic rings. The maximum Gasteiger partial charge on any atom is 0.0931 e. The van der Waals surface area contributed by atoms with Gasteiger partial charge in [-0.2, -0.15) is 0 Å². The molecule has 1 nitrogen and oxygen atoms in total. The average Bonchev–Trinajstić information content (AvgIpc) is 2.62. The second kappa shape index (κ2) is 7.26. The molecular formula is C12H20ClNS. The molecule has 0 bridgehead atoms. The lowest BCUT2D eigenvalue weighted by atomic mass is 10.0. The van der Waals surface area contributed by atoms with Gasteiger partial charge in [-0.25, -0.2) is 0 Å². The van der Waals surface area contributed by atoms with Crippen LogP contribution in [-0.4, -0.2) is 13.1 Å². The zero-order chi connectivity index (χ0) is 11.1. The van der Waals surface area contributed by atoms with E-state index in [1.165, 1.54) is 24.1 Å². The van der Waals surface area contributed by atoms with Crippen molar-refractivity contribution in [3.05, 3.63) is 21.3 Å². The van der Waals surface area contributed by atoms with Crippen LogP contribution in [0.15, 0.2) is 12.1 Å². The first-order valence-corrected chi connectivity index (χ1v) is 6.86. The quantitative estimate of drug-likeness (QED) is 0.717. The standard InChI is InChI=1S/C12H20ClNS/c1-3-14-9-8-10(2)4-5-11-6-7-12(13)15-11/h6-7,10,14H,3-5,8-9H2,1-2H3. The van der Waals surface area contributed by atoms with Gasteiger partial charge in [-0.3, -0.25) is 0 Å². The highest BCUT2D eigenvalue weighted by Gasteiger charge is 2.04. The first-order valence-electron chi connectivity index (χ1n) is 5.67. The van der Waals surface area contributed by atoms with E-state index >= 15 is 0 Å². The van der Waals surface area contributed by atoms with Gasteiger partial charge < -0.3 is 5.32 Å². The minimum atomic E-state index is 0.796. The van der Waals surface area contributed by atoms with Crippen molar-refractivity contribution < 1.29 is 0 Å². The Morgan fingerprint density at radius 2 is 2.20 bits per heavy atom. The number of hydrogen-bond acceptors (Lipinski definition) is 2. The van der Waals surface area contributed by atoms with E-state index in [1.54, 1.807) is 11.3 Å². The van der Waals surface area contributed by atoms with Gasteiger partial charge in [0, 0.05) is 4.88 Å². The van der Waals surface area contributed by atoms with Gasteiger partial charge in [-0.15, -0.1) is 11.3 Å². The Morgan fingerprint density at radius 3 is 2.80 bits per heavy atom. The lowest BCUT2D eigenvalue weighted by molar-refractivity contribution is 0.475. The molecule has 3 heteroatoms. The fraction of sp³-hybridized carbons (Fsp3) is 0.667. The number of halogens is 1. The molecule has 0 fully saturated rings. The van der Waals surface area contributed by atoms with Crippen molar-refractivity contribution in [1.29, 1.82) is 0 Å². The highest BCUT2D eigenvalue weighted by molar-refractivity contribution is 7.16. The molecule has 0 saturated carbocycles. The largest absolute Gasteiger partial charge is 0.317 e. The van der Waals surface area contributed by atoms with Crippen LogP contribution in [0.3, 0.4) is 0 Å². The summed E-state index contributed by atoms with van der Waals surface area (Å²) in [6, 6.07) is 4.13. The van der Waals surface area contributed by atoms with Crippen LogP contribution < -0.4 is 5.32 Å². The molecule has 1 atom stereocenters. The summed E-state index contributed by atoms with van der Waals surface area (Å²) in [5, 5.41) is 3.36. The van der Waals surface area contributed by atoms with Gasteiger partial charge in [0.25, 0.3) is 0 Å². The normalized spacial score (nSPS) is 13.0. The molecule has 0 amide bonds. The fourth-order valence-electron chi connectivity index (χ4n) is 1.54. The number of aryl methyl sites for hydroxylation is 1. The van der Waals surface area contributed by atoms with Crippen LogP contribution in [0.5, 0.6) is 0 Å². The summed E-state index contributed by atoms with van der Waals surface area (Å²) in [5.74, 6) is 0.796. The smallest absolute Gasteiger partial charge is 0.0931 e. The summed E-state index contributed by atoms with van der Waals surface area (Å²) in [6.45, 7) is 6.70. The van der Waals surface area contributed by atoms with Crippen molar-refractivity contribution in [2.45, 2.75) is 33.1 Å². The summed E-state index contributed by atoms with van der Waals surface area (Å²) < 4.78 is 0.908. The third-order valence-electron chi connectivity index (χ3n) is 2.58. The SMILES string of the molecule is CCNCCC(C)CCc1ccc(Cl)s1. The van der Waals surface area contributed by atoms with Gasteiger partial charge in [-0.1, -0.05) is 25.4 Å². The Hall–Kier alpha value is -0.0500. The molecule has 1 N–H and O–H groups in total. The third kappa shape index (κ3) is 5.55. The molecule has 1 aromatic heterocycles. The highest BCUT2D eigenvalue weighted by atomic mass is 35.5. The minimum absolute atomic E-state index is 0.796. The molecule has 1 rings (SSSR count). The van der Waals surface area contributed by atoms with E-state index in [2.05, 4.69) is 25.2 Å². The van der Waals surface area contributed by atoms with Gasteiger partial charge in [0.05, 0.1) is 4.34 Å². The summed E-state index contributed by atoms with van der Waals surface area (Å²) >= 11 is 7.59. The van der Waals surface area contributed by atoms with Gasteiger partial charge in [0.15, 0.2) is 0 Å². The predicted molar refractivity (Wildman–Crippen MR) is 70.0 cm³/mol.